The lowest BCUT2D eigenvalue weighted by Gasteiger charge is -2.36. The van der Waals surface area contributed by atoms with E-state index in [-0.39, 0.29) is 5.82 Å². The fourth-order valence-corrected chi connectivity index (χ4v) is 2.58. The molecular weight excluding hydrogens is 269 g/mol. The summed E-state index contributed by atoms with van der Waals surface area (Å²) in [6, 6.07) is 8.43. The molecule has 110 valence electrons. The molecule has 6 heteroatoms. The predicted molar refractivity (Wildman–Crippen MR) is 82.0 cm³/mol. The van der Waals surface area contributed by atoms with Gasteiger partial charge in [0.05, 0.1) is 0 Å². The second kappa shape index (κ2) is 5.55. The summed E-state index contributed by atoms with van der Waals surface area (Å²) in [5.74, 6) is 1.85. The van der Waals surface area contributed by atoms with E-state index in [4.69, 9.17) is 5.73 Å². The number of hydrogen-bond acceptors (Lipinski definition) is 5. The molecule has 0 aliphatic carbocycles. The molecule has 0 amide bonds. The Labute approximate surface area is 123 Å². The van der Waals surface area contributed by atoms with Gasteiger partial charge in [-0.2, -0.15) is 0 Å². The lowest BCUT2D eigenvalue weighted by molar-refractivity contribution is 0.624. The molecule has 0 bridgehead atoms. The van der Waals surface area contributed by atoms with Gasteiger partial charge in [-0.15, -0.1) is 0 Å². The second-order valence-corrected chi connectivity index (χ2v) is 5.15. The van der Waals surface area contributed by atoms with Gasteiger partial charge in [0.2, 0.25) is 0 Å². The molecule has 0 atom stereocenters. The Morgan fingerprint density at radius 2 is 1.62 bits per heavy atom. The minimum absolute atomic E-state index is 0.204. The summed E-state index contributed by atoms with van der Waals surface area (Å²) in [7, 11) is 0. The zero-order chi connectivity index (χ0) is 14.8. The molecule has 0 unspecified atom stereocenters. The minimum Gasteiger partial charge on any atom is -0.384 e. The highest BCUT2D eigenvalue weighted by Gasteiger charge is 2.19. The van der Waals surface area contributed by atoms with Crippen molar-refractivity contribution < 1.29 is 4.39 Å². The summed E-state index contributed by atoms with van der Waals surface area (Å²) in [5.41, 5.74) is 6.83. The highest BCUT2D eigenvalue weighted by molar-refractivity contribution is 5.51. The van der Waals surface area contributed by atoms with Gasteiger partial charge in [-0.25, -0.2) is 14.4 Å². The highest BCUT2D eigenvalue weighted by Crippen LogP contribution is 2.20. The average molecular weight is 287 g/mol. The Morgan fingerprint density at radius 1 is 1.00 bits per heavy atom. The van der Waals surface area contributed by atoms with Crippen LogP contribution in [0.15, 0.2) is 30.3 Å². The molecule has 0 radical (unpaired) electrons. The van der Waals surface area contributed by atoms with E-state index in [1.807, 2.05) is 19.1 Å². The number of aromatic nitrogens is 2. The zero-order valence-corrected chi connectivity index (χ0v) is 12.0. The van der Waals surface area contributed by atoms with Crippen LogP contribution in [0.4, 0.5) is 21.7 Å². The molecule has 1 aromatic heterocycles. The van der Waals surface area contributed by atoms with Gasteiger partial charge >= 0.3 is 0 Å². The normalized spacial score (nSPS) is 15.3. The van der Waals surface area contributed by atoms with Crippen molar-refractivity contribution in [2.24, 2.45) is 0 Å². The third-order valence-electron chi connectivity index (χ3n) is 3.64. The summed E-state index contributed by atoms with van der Waals surface area (Å²) >= 11 is 0. The van der Waals surface area contributed by atoms with Crippen LogP contribution in [-0.4, -0.2) is 36.1 Å². The van der Waals surface area contributed by atoms with Gasteiger partial charge in [-0.1, -0.05) is 0 Å². The third-order valence-corrected chi connectivity index (χ3v) is 3.64. The first-order chi connectivity index (χ1) is 10.1. The average Bonchev–Trinajstić information content (AvgIpc) is 2.47. The number of hydrogen-bond donors (Lipinski definition) is 1. The van der Waals surface area contributed by atoms with E-state index in [1.54, 1.807) is 6.07 Å². The number of rotatable bonds is 2. The first kappa shape index (κ1) is 13.6. The molecule has 0 saturated carbocycles. The summed E-state index contributed by atoms with van der Waals surface area (Å²) in [4.78, 5) is 13.0. The van der Waals surface area contributed by atoms with Crippen LogP contribution in [0.3, 0.4) is 0 Å². The van der Waals surface area contributed by atoms with Gasteiger partial charge < -0.3 is 15.5 Å². The molecule has 1 saturated heterocycles. The second-order valence-electron chi connectivity index (χ2n) is 5.15. The van der Waals surface area contributed by atoms with E-state index in [0.29, 0.717) is 11.6 Å². The van der Waals surface area contributed by atoms with Crippen molar-refractivity contribution in [3.8, 4) is 0 Å². The lowest BCUT2D eigenvalue weighted by atomic mass is 10.2. The molecule has 2 N–H and O–H groups in total. The molecule has 5 nitrogen and oxygen atoms in total. The van der Waals surface area contributed by atoms with E-state index in [0.717, 1.165) is 37.7 Å². The van der Waals surface area contributed by atoms with E-state index in [2.05, 4.69) is 19.8 Å². The van der Waals surface area contributed by atoms with E-state index in [1.165, 1.54) is 12.1 Å². The summed E-state index contributed by atoms with van der Waals surface area (Å²) in [6.07, 6.45) is 0. The fourth-order valence-electron chi connectivity index (χ4n) is 2.58. The van der Waals surface area contributed by atoms with Gasteiger partial charge in [0, 0.05) is 37.9 Å². The summed E-state index contributed by atoms with van der Waals surface area (Å²) in [5, 5.41) is 0. The molecule has 1 aliphatic rings. The maximum Gasteiger partial charge on any atom is 0.134 e. The number of aryl methyl sites for hydroxylation is 1. The highest BCUT2D eigenvalue weighted by atomic mass is 19.1. The standard InChI is InChI=1S/C15H18FN5/c1-11-18-14(17)10-15(19-11)21-8-6-20(7-9-21)13-4-2-12(16)3-5-13/h2-5,10H,6-9H2,1H3,(H2,17,18,19). The molecule has 1 aliphatic heterocycles. The van der Waals surface area contributed by atoms with E-state index < -0.39 is 0 Å². The molecular formula is C15H18FN5. The monoisotopic (exact) mass is 287 g/mol. The Bertz CT molecular complexity index is 600. The van der Waals surface area contributed by atoms with Crippen LogP contribution in [-0.2, 0) is 0 Å². The zero-order valence-electron chi connectivity index (χ0n) is 12.0. The van der Waals surface area contributed by atoms with Crippen LogP contribution in [0.5, 0.6) is 0 Å². The van der Waals surface area contributed by atoms with Crippen LogP contribution in [0.1, 0.15) is 5.82 Å². The predicted octanol–water partition coefficient (Wildman–Crippen LogP) is 1.83. The van der Waals surface area contributed by atoms with Crippen LogP contribution in [0.25, 0.3) is 0 Å². The van der Waals surface area contributed by atoms with Gasteiger partial charge in [0.1, 0.15) is 23.3 Å². The van der Waals surface area contributed by atoms with Crippen LogP contribution in [0.2, 0.25) is 0 Å². The molecule has 3 rings (SSSR count). The number of nitrogens with two attached hydrogens (primary N) is 1. The Kier molecular flexibility index (Phi) is 3.60. The first-order valence-corrected chi connectivity index (χ1v) is 6.98. The fraction of sp³-hybridized carbons (Fsp3) is 0.333. The van der Waals surface area contributed by atoms with Crippen molar-refractivity contribution in [2.45, 2.75) is 6.92 Å². The molecule has 0 spiro atoms. The summed E-state index contributed by atoms with van der Waals surface area (Å²) < 4.78 is 13.0. The first-order valence-electron chi connectivity index (χ1n) is 6.98. The minimum atomic E-state index is -0.204. The van der Waals surface area contributed by atoms with Crippen molar-refractivity contribution in [1.29, 1.82) is 0 Å². The van der Waals surface area contributed by atoms with Crippen LogP contribution < -0.4 is 15.5 Å². The van der Waals surface area contributed by atoms with Crippen molar-refractivity contribution in [1.82, 2.24) is 9.97 Å². The third kappa shape index (κ3) is 3.04. The van der Waals surface area contributed by atoms with Crippen molar-refractivity contribution >= 4 is 17.3 Å². The molecule has 2 aromatic rings. The van der Waals surface area contributed by atoms with E-state index >= 15 is 0 Å². The number of benzene rings is 1. The van der Waals surface area contributed by atoms with Gasteiger partial charge in [0.25, 0.3) is 0 Å². The Hall–Kier alpha value is -2.37. The lowest BCUT2D eigenvalue weighted by Crippen LogP contribution is -2.46. The smallest absolute Gasteiger partial charge is 0.134 e. The number of halogens is 1. The van der Waals surface area contributed by atoms with Crippen molar-refractivity contribution in [3.05, 3.63) is 42.0 Å². The summed E-state index contributed by atoms with van der Waals surface area (Å²) in [6.45, 7) is 5.29. The van der Waals surface area contributed by atoms with Crippen molar-refractivity contribution in [2.75, 3.05) is 41.7 Å². The van der Waals surface area contributed by atoms with Crippen molar-refractivity contribution in [3.63, 3.8) is 0 Å². The largest absolute Gasteiger partial charge is 0.384 e. The number of anilines is 3. The Balaban J connectivity index is 1.68. The van der Waals surface area contributed by atoms with E-state index in [9.17, 15) is 4.39 Å². The molecule has 2 heterocycles. The van der Waals surface area contributed by atoms with Gasteiger partial charge in [0.15, 0.2) is 0 Å². The van der Waals surface area contributed by atoms with Crippen LogP contribution in [0, 0.1) is 12.7 Å². The quantitative estimate of drug-likeness (QED) is 0.913. The maximum absolute atomic E-state index is 13.0. The Morgan fingerprint density at radius 3 is 2.24 bits per heavy atom. The molecule has 21 heavy (non-hydrogen) atoms. The topological polar surface area (TPSA) is 58.3 Å². The number of nitrogen functional groups attached to an aromatic ring is 1. The SMILES string of the molecule is Cc1nc(N)cc(N2CCN(c3ccc(F)cc3)CC2)n1. The van der Waals surface area contributed by atoms with Gasteiger partial charge in [-0.3, -0.25) is 0 Å². The maximum atomic E-state index is 13.0. The number of nitrogens with zero attached hydrogens (tertiary/aromatic N) is 4. The number of piperazine rings is 1. The molecule has 1 fully saturated rings. The molecule has 1 aromatic carbocycles. The van der Waals surface area contributed by atoms with Crippen LogP contribution >= 0.6 is 0 Å². The van der Waals surface area contributed by atoms with Gasteiger partial charge in [-0.05, 0) is 31.2 Å².